The van der Waals surface area contributed by atoms with Crippen molar-refractivity contribution < 1.29 is 22.7 Å². The Morgan fingerprint density at radius 2 is 1.73 bits per heavy atom. The summed E-state index contributed by atoms with van der Waals surface area (Å²) in [4.78, 5) is 12.9. The lowest BCUT2D eigenvalue weighted by molar-refractivity contribution is -0.119. The number of anilines is 1. The number of halogens is 1. The molecule has 1 heterocycles. The first-order valence-electron chi connectivity index (χ1n) is 10.2. The molecule has 1 aliphatic rings. The number of carbonyl (C=O) groups is 1. The molecule has 0 saturated heterocycles. The number of aryl methyl sites for hydroxylation is 2. The van der Waals surface area contributed by atoms with Crippen LogP contribution in [-0.2, 0) is 21.4 Å². The minimum absolute atomic E-state index is 0.0936. The molecule has 1 aliphatic heterocycles. The Bertz CT molecular complexity index is 1290. The lowest BCUT2D eigenvalue weighted by Gasteiger charge is -2.26. The molecule has 0 saturated carbocycles. The number of fused-ring (bicyclic) bond motifs is 1. The molecule has 7 nitrogen and oxygen atoms in total. The summed E-state index contributed by atoms with van der Waals surface area (Å²) in [7, 11) is -4.02. The Morgan fingerprint density at radius 3 is 2.48 bits per heavy atom. The monoisotopic (exact) mass is 486 g/mol. The Kier molecular flexibility index (Phi) is 6.49. The van der Waals surface area contributed by atoms with Crippen LogP contribution in [0.3, 0.4) is 0 Å². The number of benzene rings is 3. The van der Waals surface area contributed by atoms with Gasteiger partial charge in [-0.2, -0.15) is 0 Å². The molecule has 0 aromatic heterocycles. The van der Waals surface area contributed by atoms with E-state index in [1.165, 1.54) is 12.1 Å². The molecule has 4 rings (SSSR count). The van der Waals surface area contributed by atoms with Crippen LogP contribution >= 0.6 is 11.6 Å². The largest absolute Gasteiger partial charge is 0.454 e. The van der Waals surface area contributed by atoms with E-state index in [-0.39, 0.29) is 18.2 Å². The van der Waals surface area contributed by atoms with Crippen molar-refractivity contribution in [2.75, 3.05) is 17.6 Å². The van der Waals surface area contributed by atoms with Gasteiger partial charge in [-0.15, -0.1) is 0 Å². The first-order chi connectivity index (χ1) is 15.7. The van der Waals surface area contributed by atoms with Crippen molar-refractivity contribution in [3.8, 4) is 11.5 Å². The molecule has 0 spiro atoms. The standard InChI is InChI=1S/C24H23ClN2O5S/c1-16-3-8-20(9-4-16)33(29,30)27(21-12-19(25)7-5-17(21)2)14-24(28)26-13-18-6-10-22-23(11-18)32-15-31-22/h3-12H,13-15H2,1-2H3,(H,26,28). The van der Waals surface area contributed by atoms with E-state index in [0.29, 0.717) is 27.8 Å². The first-order valence-corrected chi connectivity index (χ1v) is 12.1. The van der Waals surface area contributed by atoms with E-state index >= 15 is 0 Å². The van der Waals surface area contributed by atoms with E-state index in [4.69, 9.17) is 21.1 Å². The van der Waals surface area contributed by atoms with Crippen LogP contribution in [0.25, 0.3) is 0 Å². The van der Waals surface area contributed by atoms with Gasteiger partial charge in [-0.1, -0.05) is 41.4 Å². The van der Waals surface area contributed by atoms with Gasteiger partial charge >= 0.3 is 0 Å². The summed E-state index contributed by atoms with van der Waals surface area (Å²) in [6, 6.07) is 16.8. The highest BCUT2D eigenvalue weighted by Gasteiger charge is 2.28. The van der Waals surface area contributed by atoms with Gasteiger partial charge in [0.25, 0.3) is 10.0 Å². The maximum absolute atomic E-state index is 13.5. The molecule has 9 heteroatoms. The summed E-state index contributed by atoms with van der Waals surface area (Å²) >= 11 is 6.16. The van der Waals surface area contributed by atoms with Gasteiger partial charge < -0.3 is 14.8 Å². The zero-order chi connectivity index (χ0) is 23.6. The number of hydrogen-bond acceptors (Lipinski definition) is 5. The number of amides is 1. The molecular weight excluding hydrogens is 464 g/mol. The van der Waals surface area contributed by atoms with Gasteiger partial charge in [0.1, 0.15) is 6.54 Å². The molecule has 0 radical (unpaired) electrons. The van der Waals surface area contributed by atoms with Gasteiger partial charge in [0, 0.05) is 11.6 Å². The van der Waals surface area contributed by atoms with E-state index in [2.05, 4.69) is 5.32 Å². The number of hydrogen-bond donors (Lipinski definition) is 1. The predicted octanol–water partition coefficient (Wildman–Crippen LogP) is 4.20. The summed E-state index contributed by atoms with van der Waals surface area (Å²) in [5.41, 5.74) is 2.76. The molecule has 3 aromatic rings. The Labute approximate surface area is 197 Å². The van der Waals surface area contributed by atoms with Crippen molar-refractivity contribution in [3.05, 3.63) is 82.4 Å². The van der Waals surface area contributed by atoms with Crippen LogP contribution in [0.1, 0.15) is 16.7 Å². The van der Waals surface area contributed by atoms with Gasteiger partial charge in [0.2, 0.25) is 12.7 Å². The minimum atomic E-state index is -4.02. The maximum Gasteiger partial charge on any atom is 0.264 e. The van der Waals surface area contributed by atoms with Crippen LogP contribution < -0.4 is 19.1 Å². The Hall–Kier alpha value is -3.23. The predicted molar refractivity (Wildman–Crippen MR) is 126 cm³/mol. The summed E-state index contributed by atoms with van der Waals surface area (Å²) in [5, 5.41) is 3.16. The van der Waals surface area contributed by atoms with E-state index < -0.39 is 22.5 Å². The number of nitrogens with zero attached hydrogens (tertiary/aromatic N) is 1. The third-order valence-electron chi connectivity index (χ3n) is 5.26. The van der Waals surface area contributed by atoms with Crippen molar-refractivity contribution in [1.82, 2.24) is 5.32 Å². The van der Waals surface area contributed by atoms with E-state index in [1.807, 2.05) is 13.0 Å². The molecule has 172 valence electrons. The fourth-order valence-corrected chi connectivity index (χ4v) is 5.07. The third-order valence-corrected chi connectivity index (χ3v) is 7.27. The normalized spacial score (nSPS) is 12.5. The van der Waals surface area contributed by atoms with Crippen molar-refractivity contribution in [1.29, 1.82) is 0 Å². The summed E-state index contributed by atoms with van der Waals surface area (Å²) in [6.07, 6.45) is 0. The van der Waals surface area contributed by atoms with Crippen LogP contribution in [0.4, 0.5) is 5.69 Å². The molecule has 0 unspecified atom stereocenters. The van der Waals surface area contributed by atoms with E-state index in [1.54, 1.807) is 49.4 Å². The van der Waals surface area contributed by atoms with Crippen molar-refractivity contribution >= 4 is 33.2 Å². The molecule has 33 heavy (non-hydrogen) atoms. The summed E-state index contributed by atoms with van der Waals surface area (Å²) in [6.45, 7) is 3.62. The van der Waals surface area contributed by atoms with Crippen LogP contribution in [0.2, 0.25) is 5.02 Å². The van der Waals surface area contributed by atoms with Crippen LogP contribution in [0.15, 0.2) is 65.6 Å². The highest BCUT2D eigenvalue weighted by atomic mass is 35.5. The minimum Gasteiger partial charge on any atom is -0.454 e. The molecule has 0 fully saturated rings. The summed E-state index contributed by atoms with van der Waals surface area (Å²) in [5.74, 6) is 0.805. The molecular formula is C24H23ClN2O5S. The van der Waals surface area contributed by atoms with Crippen molar-refractivity contribution in [2.24, 2.45) is 0 Å². The number of carbonyl (C=O) groups excluding carboxylic acids is 1. The van der Waals surface area contributed by atoms with Gasteiger partial charge in [0.15, 0.2) is 11.5 Å². The third kappa shape index (κ3) is 5.07. The average Bonchev–Trinajstić information content (AvgIpc) is 3.26. The molecule has 1 N–H and O–H groups in total. The van der Waals surface area contributed by atoms with Gasteiger partial charge in [-0.05, 0) is 61.4 Å². The van der Waals surface area contributed by atoms with Crippen molar-refractivity contribution in [3.63, 3.8) is 0 Å². The molecule has 0 aliphatic carbocycles. The number of sulfonamides is 1. The molecule has 0 atom stereocenters. The van der Waals surface area contributed by atoms with E-state index in [0.717, 1.165) is 15.4 Å². The first kappa shape index (κ1) is 22.9. The zero-order valence-electron chi connectivity index (χ0n) is 18.2. The fraction of sp³-hybridized carbons (Fsp3) is 0.208. The van der Waals surface area contributed by atoms with Gasteiger partial charge in [-0.25, -0.2) is 8.42 Å². The average molecular weight is 487 g/mol. The SMILES string of the molecule is Cc1ccc(S(=O)(=O)N(CC(=O)NCc2ccc3c(c2)OCO3)c2cc(Cl)ccc2C)cc1. The van der Waals surface area contributed by atoms with Crippen molar-refractivity contribution in [2.45, 2.75) is 25.3 Å². The smallest absolute Gasteiger partial charge is 0.264 e. The second-order valence-corrected chi connectivity index (χ2v) is 10.0. The number of ether oxygens (including phenoxy) is 2. The Morgan fingerprint density at radius 1 is 1.00 bits per heavy atom. The maximum atomic E-state index is 13.5. The highest BCUT2D eigenvalue weighted by molar-refractivity contribution is 7.92. The second-order valence-electron chi connectivity index (χ2n) is 7.72. The molecule has 1 amide bonds. The second kappa shape index (κ2) is 9.33. The van der Waals surface area contributed by atoms with Gasteiger partial charge in [-0.3, -0.25) is 9.10 Å². The van der Waals surface area contributed by atoms with Crippen LogP contribution in [0.5, 0.6) is 11.5 Å². The van der Waals surface area contributed by atoms with Crippen LogP contribution in [0, 0.1) is 13.8 Å². The molecule has 0 bridgehead atoms. The van der Waals surface area contributed by atoms with E-state index in [9.17, 15) is 13.2 Å². The zero-order valence-corrected chi connectivity index (χ0v) is 19.7. The van der Waals surface area contributed by atoms with Gasteiger partial charge in [0.05, 0.1) is 10.6 Å². The Balaban J connectivity index is 1.58. The van der Waals surface area contributed by atoms with Crippen LogP contribution in [-0.4, -0.2) is 27.7 Å². The lowest BCUT2D eigenvalue weighted by Crippen LogP contribution is -2.41. The highest BCUT2D eigenvalue weighted by Crippen LogP contribution is 2.32. The number of rotatable bonds is 7. The topological polar surface area (TPSA) is 84.9 Å². The molecule has 3 aromatic carbocycles. The number of nitrogens with one attached hydrogen (secondary N) is 1. The summed E-state index contributed by atoms with van der Waals surface area (Å²) < 4.78 is 38.8. The fourth-order valence-electron chi connectivity index (χ4n) is 3.43. The quantitative estimate of drug-likeness (QED) is 0.541. The lowest BCUT2D eigenvalue weighted by atomic mass is 10.2.